The Morgan fingerprint density at radius 3 is 2.39 bits per heavy atom. The topological polar surface area (TPSA) is 125 Å². The van der Waals surface area contributed by atoms with Gasteiger partial charge < -0.3 is 4.98 Å². The molecule has 140 valence electrons. The van der Waals surface area contributed by atoms with Crippen LogP contribution in [0.5, 0.6) is 0 Å². The summed E-state index contributed by atoms with van der Waals surface area (Å²) >= 11 is 0. The molecule has 9 heteroatoms. The number of sulfonamides is 1. The summed E-state index contributed by atoms with van der Waals surface area (Å²) < 4.78 is 27.7. The summed E-state index contributed by atoms with van der Waals surface area (Å²) in [6.07, 6.45) is 1.42. The molecule has 2 heterocycles. The summed E-state index contributed by atoms with van der Waals surface area (Å²) in [5, 5.41) is 0.0695. The number of hydrogen-bond donors (Lipinski definition) is 3. The lowest BCUT2D eigenvalue weighted by atomic mass is 10.1. The third-order valence-electron chi connectivity index (χ3n) is 4.11. The fourth-order valence-corrected chi connectivity index (χ4v) is 3.83. The molecule has 3 N–H and O–H groups in total. The van der Waals surface area contributed by atoms with E-state index in [-0.39, 0.29) is 21.5 Å². The van der Waals surface area contributed by atoms with E-state index in [2.05, 4.69) is 19.7 Å². The normalized spacial score (nSPS) is 11.4. The molecule has 2 aromatic carbocycles. The Balaban J connectivity index is 1.65. The molecule has 0 aliphatic rings. The van der Waals surface area contributed by atoms with Crippen LogP contribution in [-0.2, 0) is 10.0 Å². The van der Waals surface area contributed by atoms with E-state index in [0.717, 1.165) is 5.56 Å². The fourth-order valence-electron chi connectivity index (χ4n) is 2.76. The van der Waals surface area contributed by atoms with Crippen LogP contribution in [0.15, 0.2) is 81.3 Å². The van der Waals surface area contributed by atoms with E-state index in [9.17, 15) is 18.0 Å². The predicted octanol–water partition coefficient (Wildman–Crippen LogP) is 2.08. The van der Waals surface area contributed by atoms with Crippen molar-refractivity contribution < 1.29 is 8.42 Å². The third-order valence-corrected chi connectivity index (χ3v) is 5.49. The van der Waals surface area contributed by atoms with Gasteiger partial charge in [0.15, 0.2) is 0 Å². The zero-order valence-corrected chi connectivity index (χ0v) is 15.2. The van der Waals surface area contributed by atoms with Gasteiger partial charge in [0.05, 0.1) is 33.4 Å². The number of pyridine rings is 1. The molecule has 8 nitrogen and oxygen atoms in total. The average Bonchev–Trinajstić information content (AvgIpc) is 2.68. The van der Waals surface area contributed by atoms with Crippen molar-refractivity contribution in [3.63, 3.8) is 0 Å². The van der Waals surface area contributed by atoms with E-state index >= 15 is 0 Å². The average molecular weight is 394 g/mol. The summed E-state index contributed by atoms with van der Waals surface area (Å²) in [5.41, 5.74) is 0.849. The highest BCUT2D eigenvalue weighted by Gasteiger charge is 2.16. The van der Waals surface area contributed by atoms with Gasteiger partial charge in [-0.05, 0) is 30.3 Å². The minimum absolute atomic E-state index is 0.0695. The van der Waals surface area contributed by atoms with Gasteiger partial charge in [0, 0.05) is 5.56 Å². The molecule has 28 heavy (non-hydrogen) atoms. The van der Waals surface area contributed by atoms with Crippen LogP contribution in [0, 0.1) is 0 Å². The number of hydrogen-bond acceptors (Lipinski definition) is 5. The standard InChI is InChI=1S/C19H14N4O4S/c24-18-15-10-14(7-9-17(15)21-19(25)22-18)28(26,27)23-13-6-8-16(20-11-13)12-4-2-1-3-5-12/h1-11,23H,(H2,21,22,24,25). The summed E-state index contributed by atoms with van der Waals surface area (Å²) in [7, 11) is -3.94. The maximum Gasteiger partial charge on any atom is 0.326 e. The van der Waals surface area contributed by atoms with Crippen LogP contribution in [-0.4, -0.2) is 23.4 Å². The Morgan fingerprint density at radius 2 is 1.68 bits per heavy atom. The molecule has 0 amide bonds. The highest BCUT2D eigenvalue weighted by Crippen LogP contribution is 2.21. The lowest BCUT2D eigenvalue weighted by Crippen LogP contribution is -2.22. The number of nitrogens with one attached hydrogen (secondary N) is 3. The molecule has 0 unspecified atom stereocenters. The number of aromatic amines is 2. The number of fused-ring (bicyclic) bond motifs is 1. The Labute approximate surface area is 159 Å². The highest BCUT2D eigenvalue weighted by molar-refractivity contribution is 7.92. The van der Waals surface area contributed by atoms with Gasteiger partial charge in [-0.1, -0.05) is 30.3 Å². The molecule has 4 aromatic rings. The molecule has 0 atom stereocenters. The van der Waals surface area contributed by atoms with Crippen LogP contribution >= 0.6 is 0 Å². The van der Waals surface area contributed by atoms with Crippen molar-refractivity contribution in [1.29, 1.82) is 0 Å². The maximum absolute atomic E-state index is 12.7. The lowest BCUT2D eigenvalue weighted by Gasteiger charge is -2.09. The number of benzene rings is 2. The number of anilines is 1. The summed E-state index contributed by atoms with van der Waals surface area (Å²) in [6.45, 7) is 0. The van der Waals surface area contributed by atoms with E-state index in [1.165, 1.54) is 24.4 Å². The van der Waals surface area contributed by atoms with Gasteiger partial charge in [-0.3, -0.25) is 19.5 Å². The molecule has 2 aromatic heterocycles. The molecular weight excluding hydrogens is 380 g/mol. The first-order valence-electron chi connectivity index (χ1n) is 8.23. The Hall–Kier alpha value is -3.72. The van der Waals surface area contributed by atoms with E-state index in [1.54, 1.807) is 12.1 Å². The van der Waals surface area contributed by atoms with Crippen molar-refractivity contribution in [2.24, 2.45) is 0 Å². The number of H-pyrrole nitrogens is 2. The summed E-state index contributed by atoms with van der Waals surface area (Å²) in [5.74, 6) is 0. The van der Waals surface area contributed by atoms with E-state index in [1.807, 2.05) is 30.3 Å². The molecule has 0 saturated carbocycles. The number of nitrogens with zero attached hydrogens (tertiary/aromatic N) is 1. The van der Waals surface area contributed by atoms with Crippen molar-refractivity contribution in [2.75, 3.05) is 4.72 Å². The maximum atomic E-state index is 12.7. The number of aromatic nitrogens is 3. The van der Waals surface area contributed by atoms with Crippen LogP contribution in [0.3, 0.4) is 0 Å². The number of rotatable bonds is 4. The first kappa shape index (κ1) is 17.7. The van der Waals surface area contributed by atoms with E-state index in [4.69, 9.17) is 0 Å². The molecule has 0 bridgehead atoms. The van der Waals surface area contributed by atoms with E-state index < -0.39 is 21.3 Å². The van der Waals surface area contributed by atoms with Gasteiger partial charge in [0.1, 0.15) is 0 Å². The summed E-state index contributed by atoms with van der Waals surface area (Å²) in [6, 6.07) is 16.7. The van der Waals surface area contributed by atoms with Crippen molar-refractivity contribution in [3.8, 4) is 11.3 Å². The van der Waals surface area contributed by atoms with Gasteiger partial charge in [-0.25, -0.2) is 13.2 Å². The second-order valence-electron chi connectivity index (χ2n) is 6.02. The zero-order chi connectivity index (χ0) is 19.7. The van der Waals surface area contributed by atoms with Crippen LogP contribution in [0.2, 0.25) is 0 Å². The molecular formula is C19H14N4O4S. The Morgan fingerprint density at radius 1 is 0.893 bits per heavy atom. The van der Waals surface area contributed by atoms with Crippen molar-refractivity contribution in [1.82, 2.24) is 15.0 Å². The third kappa shape index (κ3) is 3.42. The second-order valence-corrected chi connectivity index (χ2v) is 7.70. The minimum Gasteiger partial charge on any atom is -0.307 e. The molecule has 0 aliphatic heterocycles. The molecule has 0 saturated heterocycles. The van der Waals surface area contributed by atoms with Gasteiger partial charge in [-0.2, -0.15) is 0 Å². The zero-order valence-electron chi connectivity index (χ0n) is 14.3. The van der Waals surface area contributed by atoms with Crippen LogP contribution in [0.25, 0.3) is 22.2 Å². The molecule has 0 spiro atoms. The monoisotopic (exact) mass is 394 g/mol. The van der Waals surface area contributed by atoms with Crippen LogP contribution in [0.1, 0.15) is 0 Å². The molecule has 4 rings (SSSR count). The van der Waals surface area contributed by atoms with Crippen molar-refractivity contribution >= 4 is 26.6 Å². The summed E-state index contributed by atoms with van der Waals surface area (Å²) in [4.78, 5) is 31.9. The molecule has 0 fully saturated rings. The predicted molar refractivity (Wildman–Crippen MR) is 106 cm³/mol. The quantitative estimate of drug-likeness (QED) is 0.489. The highest BCUT2D eigenvalue weighted by atomic mass is 32.2. The minimum atomic E-state index is -3.94. The smallest absolute Gasteiger partial charge is 0.307 e. The van der Waals surface area contributed by atoms with Gasteiger partial charge in [0.2, 0.25) is 0 Å². The first-order valence-corrected chi connectivity index (χ1v) is 9.71. The largest absolute Gasteiger partial charge is 0.326 e. The SMILES string of the molecule is O=c1[nH]c(=O)c2cc(S(=O)(=O)Nc3ccc(-c4ccccc4)nc3)ccc2[nH]1. The van der Waals surface area contributed by atoms with Gasteiger partial charge >= 0.3 is 5.69 Å². The first-order chi connectivity index (χ1) is 13.4. The fraction of sp³-hybridized carbons (Fsp3) is 0. The van der Waals surface area contributed by atoms with Crippen LogP contribution in [0.4, 0.5) is 5.69 Å². The molecule has 0 aliphatic carbocycles. The molecule has 0 radical (unpaired) electrons. The van der Waals surface area contributed by atoms with Gasteiger partial charge in [0.25, 0.3) is 15.6 Å². The van der Waals surface area contributed by atoms with Gasteiger partial charge in [-0.15, -0.1) is 0 Å². The van der Waals surface area contributed by atoms with Crippen molar-refractivity contribution in [3.05, 3.63) is 87.7 Å². The van der Waals surface area contributed by atoms with Crippen LogP contribution < -0.4 is 16.0 Å². The lowest BCUT2D eigenvalue weighted by molar-refractivity contribution is 0.601. The second kappa shape index (κ2) is 6.78. The Bertz CT molecular complexity index is 1380. The van der Waals surface area contributed by atoms with Crippen molar-refractivity contribution in [2.45, 2.75) is 4.90 Å². The Kier molecular flexibility index (Phi) is 4.28. The van der Waals surface area contributed by atoms with E-state index in [0.29, 0.717) is 5.69 Å².